The van der Waals surface area contributed by atoms with Crippen molar-refractivity contribution < 1.29 is 9.53 Å². The number of Topliss-reactive ketones (excluding diaryl/α,β-unsaturated/α-hetero) is 1. The highest BCUT2D eigenvalue weighted by Crippen LogP contribution is 2.59. The van der Waals surface area contributed by atoms with Gasteiger partial charge in [-0.1, -0.05) is 5.11 Å². The van der Waals surface area contributed by atoms with Gasteiger partial charge in [0, 0.05) is 12.0 Å². The van der Waals surface area contributed by atoms with E-state index in [0.29, 0.717) is 11.8 Å². The fourth-order valence-corrected chi connectivity index (χ4v) is 5.01. The summed E-state index contributed by atoms with van der Waals surface area (Å²) in [7, 11) is 1.65. The van der Waals surface area contributed by atoms with E-state index in [0.717, 1.165) is 37.5 Å². The molecule has 0 spiro atoms. The summed E-state index contributed by atoms with van der Waals surface area (Å²) in [4.78, 5) is 15.2. The third-order valence-electron chi connectivity index (χ3n) is 5.40. The maximum absolute atomic E-state index is 12.5. The molecule has 0 radical (unpaired) electrons. The minimum absolute atomic E-state index is 0.00315. The van der Waals surface area contributed by atoms with Gasteiger partial charge in [0.1, 0.15) is 5.60 Å². The van der Waals surface area contributed by atoms with Gasteiger partial charge in [0.2, 0.25) is 0 Å². The van der Waals surface area contributed by atoms with Crippen LogP contribution in [0.2, 0.25) is 0 Å². The van der Waals surface area contributed by atoms with Crippen LogP contribution < -0.4 is 0 Å². The maximum atomic E-state index is 12.5. The van der Waals surface area contributed by atoms with Crippen molar-refractivity contribution in [1.82, 2.24) is 0 Å². The number of carbonyl (C=O) groups is 1. The van der Waals surface area contributed by atoms with Gasteiger partial charge in [-0.25, -0.2) is 0 Å². The first-order chi connectivity index (χ1) is 8.70. The molecule has 0 unspecified atom stereocenters. The molecule has 4 aliphatic rings. The number of hydrogen-bond acceptors (Lipinski definition) is 3. The van der Waals surface area contributed by atoms with E-state index in [-0.39, 0.29) is 12.3 Å². The van der Waals surface area contributed by atoms with Gasteiger partial charge < -0.3 is 4.74 Å². The molecule has 5 nitrogen and oxygen atoms in total. The van der Waals surface area contributed by atoms with E-state index >= 15 is 0 Å². The Morgan fingerprint density at radius 2 is 1.83 bits per heavy atom. The van der Waals surface area contributed by atoms with Crippen LogP contribution in [-0.4, -0.2) is 25.0 Å². The summed E-state index contributed by atoms with van der Waals surface area (Å²) >= 11 is 0. The second-order valence-corrected chi connectivity index (χ2v) is 6.11. The van der Waals surface area contributed by atoms with Crippen LogP contribution in [0.1, 0.15) is 32.1 Å². The quantitative estimate of drug-likeness (QED) is 0.436. The molecule has 0 aromatic carbocycles. The smallest absolute Gasteiger partial charge is 0.170 e. The molecule has 4 rings (SSSR count). The van der Waals surface area contributed by atoms with Gasteiger partial charge in [-0.05, 0) is 61.3 Å². The third-order valence-corrected chi connectivity index (χ3v) is 5.40. The van der Waals surface area contributed by atoms with E-state index in [1.165, 1.54) is 6.42 Å². The first-order valence-electron chi connectivity index (χ1n) is 6.80. The van der Waals surface area contributed by atoms with E-state index < -0.39 is 5.60 Å². The molecule has 4 bridgehead atoms. The zero-order valence-corrected chi connectivity index (χ0v) is 10.7. The van der Waals surface area contributed by atoms with E-state index in [9.17, 15) is 4.79 Å². The summed E-state index contributed by atoms with van der Waals surface area (Å²) < 4.78 is 5.74. The maximum Gasteiger partial charge on any atom is 0.170 e. The standard InChI is InChI=1S/C13H19N3O2/c1-18-13(12(17)7-15-16-14)10-3-8-2-9(5-10)6-11(13)4-8/h8-11H,2-7H2,1H3. The first-order valence-corrected chi connectivity index (χ1v) is 6.80. The van der Waals surface area contributed by atoms with Crippen LogP contribution in [0, 0.1) is 23.7 Å². The Kier molecular flexibility index (Phi) is 2.83. The number of hydrogen-bond donors (Lipinski definition) is 0. The molecule has 4 aliphatic carbocycles. The van der Waals surface area contributed by atoms with Crippen molar-refractivity contribution in [2.45, 2.75) is 37.7 Å². The number of rotatable bonds is 4. The molecule has 0 aromatic rings. The zero-order valence-electron chi connectivity index (χ0n) is 10.7. The van der Waals surface area contributed by atoms with E-state index in [4.69, 9.17) is 10.3 Å². The van der Waals surface area contributed by atoms with Gasteiger partial charge in [0.25, 0.3) is 0 Å². The normalized spacial score (nSPS) is 44.7. The van der Waals surface area contributed by atoms with Gasteiger partial charge in [-0.2, -0.15) is 0 Å². The predicted octanol–water partition coefficient (Wildman–Crippen LogP) is 2.71. The monoisotopic (exact) mass is 249 g/mol. The molecule has 4 fully saturated rings. The first kappa shape index (κ1) is 12.0. The molecule has 5 heteroatoms. The molecule has 0 N–H and O–H groups in total. The van der Waals surface area contributed by atoms with Crippen LogP contribution in [0.5, 0.6) is 0 Å². The molecule has 0 saturated heterocycles. The highest BCUT2D eigenvalue weighted by molar-refractivity contribution is 5.90. The van der Waals surface area contributed by atoms with Crippen molar-refractivity contribution in [2.24, 2.45) is 28.8 Å². The number of methoxy groups -OCH3 is 1. The Bertz CT molecular complexity index is 386. The lowest BCUT2D eigenvalue weighted by Crippen LogP contribution is -2.63. The predicted molar refractivity (Wildman–Crippen MR) is 65.8 cm³/mol. The second-order valence-electron chi connectivity index (χ2n) is 6.11. The molecule has 98 valence electrons. The van der Waals surface area contributed by atoms with Crippen LogP contribution in [0.4, 0.5) is 0 Å². The average molecular weight is 249 g/mol. The van der Waals surface area contributed by atoms with Crippen molar-refractivity contribution in [3.8, 4) is 0 Å². The lowest BCUT2D eigenvalue weighted by molar-refractivity contribution is -0.195. The minimum Gasteiger partial charge on any atom is -0.370 e. The van der Waals surface area contributed by atoms with Crippen molar-refractivity contribution in [3.63, 3.8) is 0 Å². The van der Waals surface area contributed by atoms with Gasteiger partial charge in [0.05, 0.1) is 6.54 Å². The molecule has 0 aromatic heterocycles. The van der Waals surface area contributed by atoms with Gasteiger partial charge in [-0.15, -0.1) is 0 Å². The van der Waals surface area contributed by atoms with Crippen LogP contribution >= 0.6 is 0 Å². The number of ether oxygens (including phenoxy) is 1. The van der Waals surface area contributed by atoms with E-state index in [1.807, 2.05) is 0 Å². The minimum atomic E-state index is -0.651. The van der Waals surface area contributed by atoms with E-state index in [1.54, 1.807) is 7.11 Å². The fourth-order valence-electron chi connectivity index (χ4n) is 5.01. The zero-order chi connectivity index (χ0) is 12.8. The van der Waals surface area contributed by atoms with Crippen molar-refractivity contribution in [1.29, 1.82) is 0 Å². The molecule has 4 saturated carbocycles. The summed E-state index contributed by atoms with van der Waals surface area (Å²) in [5, 5.41) is 3.45. The molecule has 0 aliphatic heterocycles. The lowest BCUT2D eigenvalue weighted by atomic mass is 9.49. The van der Waals surface area contributed by atoms with Crippen molar-refractivity contribution in [3.05, 3.63) is 10.4 Å². The molecule has 0 amide bonds. The molecular formula is C13H19N3O2. The number of azide groups is 1. The number of ketones is 1. The Balaban J connectivity index is 1.91. The highest BCUT2D eigenvalue weighted by atomic mass is 16.5. The Hall–Kier alpha value is -1.06. The molecule has 0 atom stereocenters. The molecule has 18 heavy (non-hydrogen) atoms. The molecular weight excluding hydrogens is 230 g/mol. The van der Waals surface area contributed by atoms with Crippen LogP contribution in [-0.2, 0) is 9.53 Å². The largest absolute Gasteiger partial charge is 0.370 e. The summed E-state index contributed by atoms with van der Waals surface area (Å²) in [5.74, 6) is 2.28. The Labute approximate surface area is 107 Å². The van der Waals surface area contributed by atoms with Gasteiger partial charge in [-0.3, -0.25) is 4.79 Å². The highest BCUT2D eigenvalue weighted by Gasteiger charge is 2.60. The van der Waals surface area contributed by atoms with Crippen molar-refractivity contribution in [2.75, 3.05) is 13.7 Å². The van der Waals surface area contributed by atoms with Crippen LogP contribution in [0.3, 0.4) is 0 Å². The van der Waals surface area contributed by atoms with Gasteiger partial charge >= 0.3 is 0 Å². The summed E-state index contributed by atoms with van der Waals surface area (Å²) in [6, 6.07) is 0. The topological polar surface area (TPSA) is 75.1 Å². The lowest BCUT2D eigenvalue weighted by Gasteiger charge is -2.59. The Morgan fingerprint density at radius 1 is 1.28 bits per heavy atom. The fraction of sp³-hybridized carbons (Fsp3) is 0.923. The Morgan fingerprint density at radius 3 is 2.28 bits per heavy atom. The van der Waals surface area contributed by atoms with Gasteiger partial charge in [0.15, 0.2) is 5.78 Å². The van der Waals surface area contributed by atoms with Crippen LogP contribution in [0.15, 0.2) is 5.11 Å². The van der Waals surface area contributed by atoms with E-state index in [2.05, 4.69) is 10.0 Å². The van der Waals surface area contributed by atoms with Crippen molar-refractivity contribution >= 4 is 5.78 Å². The van der Waals surface area contributed by atoms with Crippen LogP contribution in [0.25, 0.3) is 10.4 Å². The SMILES string of the molecule is COC1(C(=O)CN=[N+]=[N-])C2CC3CC(C2)CC1C3. The third kappa shape index (κ3) is 1.50. The number of carbonyl (C=O) groups excluding carboxylic acids is 1. The summed E-state index contributed by atoms with van der Waals surface area (Å²) in [6.45, 7) is -0.0628. The average Bonchev–Trinajstić information content (AvgIpc) is 2.36. The second kappa shape index (κ2) is 4.25. The summed E-state index contributed by atoms with van der Waals surface area (Å²) in [6.07, 6.45) is 5.80. The number of nitrogens with zero attached hydrogens (tertiary/aromatic N) is 3. The summed E-state index contributed by atoms with van der Waals surface area (Å²) in [5.41, 5.74) is 7.74. The molecule has 0 heterocycles.